The summed E-state index contributed by atoms with van der Waals surface area (Å²) in [7, 11) is 1.25. The second-order valence-corrected chi connectivity index (χ2v) is 8.60. The Bertz CT molecular complexity index is 656. The van der Waals surface area contributed by atoms with E-state index in [4.69, 9.17) is 34.2 Å². The van der Waals surface area contributed by atoms with E-state index in [1.165, 1.54) is 7.11 Å². The van der Waals surface area contributed by atoms with Crippen molar-refractivity contribution in [3.63, 3.8) is 0 Å². The molecule has 3 aliphatic rings. The van der Waals surface area contributed by atoms with Gasteiger partial charge in [0.1, 0.15) is 73.2 Å². The van der Waals surface area contributed by atoms with Gasteiger partial charge in [-0.15, -0.1) is 0 Å². The summed E-state index contributed by atoms with van der Waals surface area (Å²) >= 11 is 0. The Morgan fingerprint density at radius 1 is 0.571 bits per heavy atom. The van der Waals surface area contributed by atoms with Gasteiger partial charge in [-0.25, -0.2) is 0 Å². The molecular weight excluding hydrogens is 482 g/mol. The number of aliphatic hydroxyl groups excluding tert-OH is 9. The van der Waals surface area contributed by atoms with Crippen LogP contribution in [-0.2, 0) is 28.4 Å². The van der Waals surface area contributed by atoms with E-state index < -0.39 is 105 Å². The largest absolute Gasteiger partial charge is 0.394 e. The third-order valence-electron chi connectivity index (χ3n) is 6.36. The molecule has 0 aromatic rings. The maximum Gasteiger partial charge on any atom is 0.187 e. The zero-order valence-electron chi connectivity index (χ0n) is 18.8. The molecule has 0 saturated carbocycles. The lowest BCUT2D eigenvalue weighted by atomic mass is 9.96. The molecule has 0 aromatic carbocycles. The Morgan fingerprint density at radius 2 is 1.00 bits per heavy atom. The summed E-state index contributed by atoms with van der Waals surface area (Å²) < 4.78 is 32.2. The minimum atomic E-state index is -1.84. The molecule has 3 heterocycles. The van der Waals surface area contributed by atoms with Crippen LogP contribution in [0.1, 0.15) is 0 Å². The zero-order chi connectivity index (χ0) is 26.0. The van der Waals surface area contributed by atoms with Gasteiger partial charge in [0.05, 0.1) is 13.2 Å². The number of ether oxygens (including phenoxy) is 6. The Labute approximate surface area is 199 Å². The molecule has 16 nitrogen and oxygen atoms in total. The van der Waals surface area contributed by atoms with Crippen molar-refractivity contribution in [2.75, 3.05) is 26.9 Å². The van der Waals surface area contributed by atoms with Crippen LogP contribution in [0.5, 0.6) is 0 Å². The van der Waals surface area contributed by atoms with Crippen LogP contribution in [0.15, 0.2) is 0 Å². The number of aliphatic hydroxyl groups is 9. The molecule has 3 fully saturated rings. The van der Waals surface area contributed by atoms with E-state index in [-0.39, 0.29) is 6.54 Å². The Balaban J connectivity index is 1.72. The van der Waals surface area contributed by atoms with Crippen molar-refractivity contribution >= 4 is 0 Å². The molecule has 0 radical (unpaired) electrons. The number of methoxy groups -OCH3 is 1. The summed E-state index contributed by atoms with van der Waals surface area (Å²) in [4.78, 5) is 0. The van der Waals surface area contributed by atoms with Gasteiger partial charge in [0.2, 0.25) is 0 Å². The third kappa shape index (κ3) is 5.78. The average molecular weight is 517 g/mol. The zero-order valence-corrected chi connectivity index (χ0v) is 18.8. The predicted octanol–water partition coefficient (Wildman–Crippen LogP) is -6.95. The van der Waals surface area contributed by atoms with Gasteiger partial charge in [0.25, 0.3) is 0 Å². The molecule has 0 aromatic heterocycles. The summed E-state index contributed by atoms with van der Waals surface area (Å²) in [5.41, 5.74) is 5.66. The van der Waals surface area contributed by atoms with Gasteiger partial charge < -0.3 is 80.1 Å². The van der Waals surface area contributed by atoms with E-state index in [1.54, 1.807) is 0 Å². The van der Waals surface area contributed by atoms with Gasteiger partial charge in [-0.2, -0.15) is 0 Å². The molecule has 15 atom stereocenters. The number of hydrogen-bond acceptors (Lipinski definition) is 16. The summed E-state index contributed by atoms with van der Waals surface area (Å²) in [5.74, 6) is 0. The highest BCUT2D eigenvalue weighted by molar-refractivity contribution is 4.96. The van der Waals surface area contributed by atoms with Crippen molar-refractivity contribution in [3.8, 4) is 0 Å². The molecule has 35 heavy (non-hydrogen) atoms. The summed E-state index contributed by atoms with van der Waals surface area (Å²) in [6, 6.07) is 0. The maximum absolute atomic E-state index is 10.7. The van der Waals surface area contributed by atoms with Crippen LogP contribution in [-0.4, -0.2) is 165 Å². The van der Waals surface area contributed by atoms with Crippen LogP contribution in [0.25, 0.3) is 0 Å². The average Bonchev–Trinajstić information content (AvgIpc) is 2.86. The van der Waals surface area contributed by atoms with E-state index in [9.17, 15) is 46.0 Å². The van der Waals surface area contributed by atoms with E-state index in [0.717, 1.165) is 0 Å². The normalized spacial score (nSPS) is 51.3. The molecule has 0 bridgehead atoms. The van der Waals surface area contributed by atoms with Crippen LogP contribution >= 0.6 is 0 Å². The Hall–Kier alpha value is -0.640. The Morgan fingerprint density at radius 3 is 1.49 bits per heavy atom. The first kappa shape index (κ1) is 28.9. The van der Waals surface area contributed by atoms with Gasteiger partial charge >= 0.3 is 0 Å². The van der Waals surface area contributed by atoms with Gasteiger partial charge in [-0.1, -0.05) is 0 Å². The maximum atomic E-state index is 10.7. The van der Waals surface area contributed by atoms with Crippen molar-refractivity contribution in [2.24, 2.45) is 5.73 Å². The second-order valence-electron chi connectivity index (χ2n) is 8.60. The van der Waals surface area contributed by atoms with Crippen molar-refractivity contribution in [3.05, 3.63) is 0 Å². The van der Waals surface area contributed by atoms with Gasteiger partial charge in [0, 0.05) is 13.7 Å². The standard InChI is InChI=1S/C19H35NO15/c1-30-17-13(28)10(25)15(5(2-20)31-17)34-19-14(29)11(26)16(7(4-22)33-19)35-18-12(27)9(24)8(23)6(3-21)32-18/h5-19,21-29H,2-4,20H2,1H3/t5-,6-,7-,8-,9+,10-,11-,12-,13-,14-,15-,16-,17+,18-,19-/m1/s1. The minimum Gasteiger partial charge on any atom is -0.394 e. The van der Waals surface area contributed by atoms with E-state index in [2.05, 4.69) is 0 Å². The molecule has 3 rings (SSSR count). The van der Waals surface area contributed by atoms with E-state index in [0.29, 0.717) is 0 Å². The molecule has 3 aliphatic heterocycles. The van der Waals surface area contributed by atoms with Crippen LogP contribution in [0.4, 0.5) is 0 Å². The number of hydrogen-bond donors (Lipinski definition) is 10. The predicted molar refractivity (Wildman–Crippen MR) is 108 cm³/mol. The quantitative estimate of drug-likeness (QED) is 0.143. The molecule has 0 unspecified atom stereocenters. The molecule has 16 heteroatoms. The molecule has 206 valence electrons. The highest BCUT2D eigenvalue weighted by Gasteiger charge is 2.53. The highest BCUT2D eigenvalue weighted by Crippen LogP contribution is 2.32. The van der Waals surface area contributed by atoms with Crippen LogP contribution < -0.4 is 5.73 Å². The van der Waals surface area contributed by atoms with Crippen molar-refractivity contribution in [1.29, 1.82) is 0 Å². The fraction of sp³-hybridized carbons (Fsp3) is 1.00. The molecular formula is C19H35NO15. The number of nitrogens with two attached hydrogens (primary N) is 1. The molecule has 0 aliphatic carbocycles. The minimum absolute atomic E-state index is 0.175. The first-order valence-corrected chi connectivity index (χ1v) is 11.1. The van der Waals surface area contributed by atoms with Gasteiger partial charge in [0.15, 0.2) is 18.9 Å². The lowest BCUT2D eigenvalue weighted by Gasteiger charge is -2.48. The van der Waals surface area contributed by atoms with E-state index >= 15 is 0 Å². The smallest absolute Gasteiger partial charge is 0.187 e. The lowest BCUT2D eigenvalue weighted by molar-refractivity contribution is -0.377. The van der Waals surface area contributed by atoms with E-state index in [1.807, 2.05) is 0 Å². The monoisotopic (exact) mass is 517 g/mol. The second kappa shape index (κ2) is 12.3. The third-order valence-corrected chi connectivity index (χ3v) is 6.36. The topological polar surface area (TPSA) is 263 Å². The highest BCUT2D eigenvalue weighted by atomic mass is 16.8. The summed E-state index contributed by atoms with van der Waals surface area (Å²) in [5, 5.41) is 91.1. The first-order valence-electron chi connectivity index (χ1n) is 11.1. The molecule has 0 amide bonds. The van der Waals surface area contributed by atoms with Crippen molar-refractivity contribution in [2.45, 2.75) is 92.1 Å². The summed E-state index contributed by atoms with van der Waals surface area (Å²) in [6.07, 6.45) is -23.0. The molecule has 0 spiro atoms. The van der Waals surface area contributed by atoms with Crippen LogP contribution in [0.2, 0.25) is 0 Å². The molecule has 3 saturated heterocycles. The van der Waals surface area contributed by atoms with Gasteiger partial charge in [-0.3, -0.25) is 0 Å². The SMILES string of the molecule is CO[C@H]1O[C@H](CN)[C@@H](O[C@H]2O[C@H](CO)[C@@H](O[C@H]3O[C@H](CO)[C@@H](O)[C@H](O)[C@H]3O)[C@H](O)[C@H]2O)[C@H](O)[C@H]1O. The fourth-order valence-electron chi connectivity index (χ4n) is 4.28. The van der Waals surface area contributed by atoms with Crippen LogP contribution in [0, 0.1) is 0 Å². The summed E-state index contributed by atoms with van der Waals surface area (Å²) in [6.45, 7) is -1.67. The van der Waals surface area contributed by atoms with Crippen molar-refractivity contribution in [1.82, 2.24) is 0 Å². The van der Waals surface area contributed by atoms with Crippen LogP contribution in [0.3, 0.4) is 0 Å². The lowest BCUT2D eigenvalue weighted by Crippen LogP contribution is -2.66. The fourth-order valence-corrected chi connectivity index (χ4v) is 4.28. The van der Waals surface area contributed by atoms with Gasteiger partial charge in [-0.05, 0) is 0 Å². The molecule has 11 N–H and O–H groups in total. The Kier molecular flexibility index (Phi) is 10.1. The number of rotatable bonds is 8. The van der Waals surface area contributed by atoms with Crippen molar-refractivity contribution < 1.29 is 74.4 Å². The first-order chi connectivity index (χ1) is 16.6.